The summed E-state index contributed by atoms with van der Waals surface area (Å²) in [5, 5.41) is 0. The number of carbonyl (C=O) groups excluding carboxylic acids is 2. The Morgan fingerprint density at radius 3 is 1.79 bits per heavy atom. The SMILES string of the molecule is COC(=O)C(C)(C)C(=O)c1ccc(C(C)(C)C)cc1. The molecule has 0 spiro atoms. The summed E-state index contributed by atoms with van der Waals surface area (Å²) in [5.41, 5.74) is 0.570. The Bertz CT molecular complexity index is 476. The molecular formula is C16H22O3. The van der Waals surface area contributed by atoms with Gasteiger partial charge in [-0.1, -0.05) is 45.0 Å². The zero-order chi connectivity index (χ0) is 14.8. The van der Waals surface area contributed by atoms with E-state index in [1.807, 2.05) is 12.1 Å². The first kappa shape index (κ1) is 15.4. The first-order valence-corrected chi connectivity index (χ1v) is 6.34. The number of Topliss-reactive ketones (excluding diaryl/α,β-unsaturated/α-hetero) is 1. The molecule has 19 heavy (non-hydrogen) atoms. The molecule has 0 radical (unpaired) electrons. The summed E-state index contributed by atoms with van der Waals surface area (Å²) in [5.74, 6) is -0.739. The predicted octanol–water partition coefficient (Wildman–Crippen LogP) is 3.37. The van der Waals surface area contributed by atoms with Crippen LogP contribution in [0.5, 0.6) is 0 Å². The number of benzene rings is 1. The summed E-state index contributed by atoms with van der Waals surface area (Å²) in [4.78, 5) is 24.0. The fourth-order valence-corrected chi connectivity index (χ4v) is 1.83. The molecule has 0 aliphatic carbocycles. The Morgan fingerprint density at radius 1 is 0.947 bits per heavy atom. The first-order chi connectivity index (χ1) is 8.60. The van der Waals surface area contributed by atoms with Gasteiger partial charge in [-0.25, -0.2) is 0 Å². The molecule has 0 atom stereocenters. The lowest BCUT2D eigenvalue weighted by atomic mass is 9.82. The lowest BCUT2D eigenvalue weighted by molar-refractivity contribution is -0.147. The van der Waals surface area contributed by atoms with Crippen LogP contribution in [0.4, 0.5) is 0 Å². The standard InChI is InChI=1S/C16H22O3/c1-15(2,3)12-9-7-11(8-10-12)13(17)16(4,5)14(18)19-6/h7-10H,1-6H3. The minimum Gasteiger partial charge on any atom is -0.468 e. The number of hydrogen-bond donors (Lipinski definition) is 0. The molecule has 0 saturated carbocycles. The van der Waals surface area contributed by atoms with Crippen LogP contribution in [0.15, 0.2) is 24.3 Å². The van der Waals surface area contributed by atoms with E-state index in [2.05, 4.69) is 25.5 Å². The smallest absolute Gasteiger partial charge is 0.319 e. The maximum Gasteiger partial charge on any atom is 0.319 e. The maximum atomic E-state index is 12.3. The minimum atomic E-state index is -1.15. The Hall–Kier alpha value is -1.64. The van der Waals surface area contributed by atoms with Crippen molar-refractivity contribution in [3.8, 4) is 0 Å². The van der Waals surface area contributed by atoms with Crippen molar-refractivity contribution in [1.29, 1.82) is 0 Å². The molecule has 1 rings (SSSR count). The van der Waals surface area contributed by atoms with Gasteiger partial charge in [-0.3, -0.25) is 9.59 Å². The monoisotopic (exact) mass is 262 g/mol. The Balaban J connectivity index is 3.06. The second-order valence-corrected chi connectivity index (χ2v) is 6.27. The molecule has 0 bridgehead atoms. The van der Waals surface area contributed by atoms with E-state index in [0.29, 0.717) is 5.56 Å². The second-order valence-electron chi connectivity index (χ2n) is 6.27. The van der Waals surface area contributed by atoms with E-state index in [9.17, 15) is 9.59 Å². The summed E-state index contributed by atoms with van der Waals surface area (Å²) in [7, 11) is 1.29. The highest BCUT2D eigenvalue weighted by Crippen LogP contribution is 2.26. The number of ketones is 1. The van der Waals surface area contributed by atoms with E-state index in [1.54, 1.807) is 26.0 Å². The molecule has 0 heterocycles. The van der Waals surface area contributed by atoms with Crippen molar-refractivity contribution in [3.05, 3.63) is 35.4 Å². The van der Waals surface area contributed by atoms with Gasteiger partial charge >= 0.3 is 5.97 Å². The van der Waals surface area contributed by atoms with E-state index in [1.165, 1.54) is 7.11 Å². The van der Waals surface area contributed by atoms with Crippen LogP contribution >= 0.6 is 0 Å². The van der Waals surface area contributed by atoms with E-state index >= 15 is 0 Å². The zero-order valence-electron chi connectivity index (χ0n) is 12.5. The van der Waals surface area contributed by atoms with E-state index in [4.69, 9.17) is 0 Å². The minimum absolute atomic E-state index is 0.0411. The van der Waals surface area contributed by atoms with Crippen LogP contribution in [-0.2, 0) is 14.9 Å². The van der Waals surface area contributed by atoms with Crippen LogP contribution in [0, 0.1) is 5.41 Å². The van der Waals surface area contributed by atoms with Crippen LogP contribution in [0.2, 0.25) is 0 Å². The summed E-state index contributed by atoms with van der Waals surface area (Å²) in [6.07, 6.45) is 0. The van der Waals surface area contributed by atoms with Gasteiger partial charge in [0.05, 0.1) is 7.11 Å². The normalized spacial score (nSPS) is 12.1. The van der Waals surface area contributed by atoms with Crippen molar-refractivity contribution in [2.24, 2.45) is 5.41 Å². The van der Waals surface area contributed by atoms with Gasteiger partial charge in [0, 0.05) is 5.56 Å². The fraction of sp³-hybridized carbons (Fsp3) is 0.500. The molecule has 1 aromatic rings. The van der Waals surface area contributed by atoms with Gasteiger partial charge in [-0.15, -0.1) is 0 Å². The summed E-state index contributed by atoms with van der Waals surface area (Å²) in [6.45, 7) is 9.50. The van der Waals surface area contributed by atoms with Gasteiger partial charge in [-0.05, 0) is 24.8 Å². The highest BCUT2D eigenvalue weighted by atomic mass is 16.5. The first-order valence-electron chi connectivity index (χ1n) is 6.34. The number of esters is 1. The van der Waals surface area contributed by atoms with Gasteiger partial charge in [0.1, 0.15) is 5.41 Å². The summed E-state index contributed by atoms with van der Waals surface area (Å²) in [6, 6.07) is 7.41. The lowest BCUT2D eigenvalue weighted by Gasteiger charge is -2.22. The van der Waals surface area contributed by atoms with E-state index in [-0.39, 0.29) is 11.2 Å². The molecular weight excluding hydrogens is 240 g/mol. The number of methoxy groups -OCH3 is 1. The van der Waals surface area contributed by atoms with Gasteiger partial charge in [-0.2, -0.15) is 0 Å². The van der Waals surface area contributed by atoms with Crippen molar-refractivity contribution in [2.75, 3.05) is 7.11 Å². The van der Waals surface area contributed by atoms with Crippen LogP contribution in [0.1, 0.15) is 50.5 Å². The Kier molecular flexibility index (Phi) is 4.18. The summed E-state index contributed by atoms with van der Waals surface area (Å²) < 4.78 is 4.68. The molecule has 3 heteroatoms. The van der Waals surface area contributed by atoms with Gasteiger partial charge in [0.25, 0.3) is 0 Å². The van der Waals surface area contributed by atoms with Gasteiger partial charge in [0.15, 0.2) is 5.78 Å². The fourth-order valence-electron chi connectivity index (χ4n) is 1.83. The Labute approximate surface area is 115 Å². The molecule has 3 nitrogen and oxygen atoms in total. The third kappa shape index (κ3) is 3.22. The number of ether oxygens (including phenoxy) is 1. The second kappa shape index (κ2) is 5.16. The zero-order valence-corrected chi connectivity index (χ0v) is 12.5. The van der Waals surface area contributed by atoms with Crippen LogP contribution in [0.3, 0.4) is 0 Å². The molecule has 1 aromatic carbocycles. The third-order valence-corrected chi connectivity index (χ3v) is 3.28. The quantitative estimate of drug-likeness (QED) is 0.476. The third-order valence-electron chi connectivity index (χ3n) is 3.28. The number of carbonyl (C=O) groups is 2. The largest absolute Gasteiger partial charge is 0.468 e. The molecule has 104 valence electrons. The van der Waals surface area contributed by atoms with Crippen molar-refractivity contribution in [1.82, 2.24) is 0 Å². The molecule has 0 aliphatic rings. The highest BCUT2D eigenvalue weighted by Gasteiger charge is 2.37. The average molecular weight is 262 g/mol. The van der Waals surface area contributed by atoms with Crippen molar-refractivity contribution < 1.29 is 14.3 Å². The van der Waals surface area contributed by atoms with Crippen LogP contribution < -0.4 is 0 Å². The molecule has 0 fully saturated rings. The lowest BCUT2D eigenvalue weighted by Crippen LogP contribution is -2.34. The van der Waals surface area contributed by atoms with Crippen LogP contribution in [0.25, 0.3) is 0 Å². The van der Waals surface area contributed by atoms with Crippen LogP contribution in [-0.4, -0.2) is 18.9 Å². The molecule has 0 aliphatic heterocycles. The number of hydrogen-bond acceptors (Lipinski definition) is 3. The molecule has 0 saturated heterocycles. The van der Waals surface area contributed by atoms with Gasteiger partial charge < -0.3 is 4.74 Å². The maximum absolute atomic E-state index is 12.3. The molecule has 0 N–H and O–H groups in total. The van der Waals surface area contributed by atoms with E-state index in [0.717, 1.165) is 5.56 Å². The topological polar surface area (TPSA) is 43.4 Å². The van der Waals surface area contributed by atoms with Crippen molar-refractivity contribution in [3.63, 3.8) is 0 Å². The van der Waals surface area contributed by atoms with Crippen molar-refractivity contribution >= 4 is 11.8 Å². The molecule has 0 aromatic heterocycles. The number of rotatable bonds is 3. The molecule has 0 unspecified atom stereocenters. The Morgan fingerprint density at radius 2 is 1.42 bits per heavy atom. The average Bonchev–Trinajstić information content (AvgIpc) is 2.35. The van der Waals surface area contributed by atoms with E-state index < -0.39 is 11.4 Å². The van der Waals surface area contributed by atoms with Gasteiger partial charge in [0.2, 0.25) is 0 Å². The summed E-state index contributed by atoms with van der Waals surface area (Å²) >= 11 is 0. The molecule has 0 amide bonds. The highest BCUT2D eigenvalue weighted by molar-refractivity contribution is 6.11. The predicted molar refractivity (Wildman–Crippen MR) is 75.3 cm³/mol. The van der Waals surface area contributed by atoms with Crippen molar-refractivity contribution in [2.45, 2.75) is 40.0 Å².